The molecule has 0 spiro atoms. The van der Waals surface area contributed by atoms with Crippen molar-refractivity contribution in [2.75, 3.05) is 0 Å². The summed E-state index contributed by atoms with van der Waals surface area (Å²) >= 11 is 0. The summed E-state index contributed by atoms with van der Waals surface area (Å²) in [4.78, 5) is 21.2. The van der Waals surface area contributed by atoms with Gasteiger partial charge in [-0.25, -0.2) is 0 Å². The van der Waals surface area contributed by atoms with Crippen LogP contribution in [0.3, 0.4) is 0 Å². The van der Waals surface area contributed by atoms with Crippen LogP contribution >= 0.6 is 0 Å². The van der Waals surface area contributed by atoms with E-state index in [4.69, 9.17) is 10.8 Å². The molecule has 0 heterocycles. The fraction of sp³-hybridized carbons (Fsp3) is 0.714. The van der Waals surface area contributed by atoms with Gasteiger partial charge in [0.05, 0.1) is 0 Å². The first kappa shape index (κ1) is 10.1. The maximum atomic E-state index is 10.9. The second-order valence-electron chi connectivity index (χ2n) is 2.47. The molecule has 0 aliphatic carbocycles. The highest BCUT2D eigenvalue weighted by atomic mass is 16.4. The van der Waals surface area contributed by atoms with E-state index in [2.05, 4.69) is 0 Å². The number of carbonyl (C=O) groups is 2. The molecule has 64 valence electrons. The Bertz CT molecular complexity index is 167. The first-order valence-electron chi connectivity index (χ1n) is 3.51. The van der Waals surface area contributed by atoms with Crippen LogP contribution in [-0.2, 0) is 9.59 Å². The predicted molar refractivity (Wildman–Crippen MR) is 40.1 cm³/mol. The molecule has 0 aromatic carbocycles. The summed E-state index contributed by atoms with van der Waals surface area (Å²) in [7, 11) is 0. The van der Waals surface area contributed by atoms with Crippen molar-refractivity contribution in [3.05, 3.63) is 0 Å². The van der Waals surface area contributed by atoms with E-state index in [1.54, 1.807) is 6.92 Å². The van der Waals surface area contributed by atoms with Gasteiger partial charge in [0.25, 0.3) is 0 Å². The molecule has 2 atom stereocenters. The number of ketones is 1. The van der Waals surface area contributed by atoms with Crippen molar-refractivity contribution < 1.29 is 14.7 Å². The van der Waals surface area contributed by atoms with Crippen molar-refractivity contribution in [1.29, 1.82) is 0 Å². The van der Waals surface area contributed by atoms with Crippen LogP contribution in [0.4, 0.5) is 0 Å². The van der Waals surface area contributed by atoms with Gasteiger partial charge in [-0.2, -0.15) is 0 Å². The van der Waals surface area contributed by atoms with Crippen molar-refractivity contribution in [3.8, 4) is 0 Å². The normalized spacial score (nSPS) is 15.5. The lowest BCUT2D eigenvalue weighted by Crippen LogP contribution is -2.40. The predicted octanol–water partition coefficient (Wildman–Crippen LogP) is 0.0135. The average Bonchev–Trinajstić information content (AvgIpc) is 2.00. The van der Waals surface area contributed by atoms with E-state index in [0.29, 0.717) is 6.42 Å². The zero-order valence-corrected chi connectivity index (χ0v) is 6.70. The molecule has 0 rings (SSSR count). The number of carbonyl (C=O) groups excluding carboxylic acids is 1. The van der Waals surface area contributed by atoms with E-state index < -0.39 is 17.9 Å². The van der Waals surface area contributed by atoms with E-state index in [9.17, 15) is 9.59 Å². The Morgan fingerprint density at radius 2 is 2.00 bits per heavy atom. The van der Waals surface area contributed by atoms with Crippen molar-refractivity contribution in [2.24, 2.45) is 11.7 Å². The lowest BCUT2D eigenvalue weighted by Gasteiger charge is -2.12. The number of carboxylic acids is 1. The molecule has 11 heavy (non-hydrogen) atoms. The van der Waals surface area contributed by atoms with E-state index in [1.165, 1.54) is 6.92 Å². The lowest BCUT2D eigenvalue weighted by atomic mass is 9.96. The van der Waals surface area contributed by atoms with Gasteiger partial charge < -0.3 is 10.8 Å². The first-order valence-corrected chi connectivity index (χ1v) is 3.51. The molecule has 0 unspecified atom stereocenters. The molecule has 0 aromatic rings. The summed E-state index contributed by atoms with van der Waals surface area (Å²) in [5, 5.41) is 8.42. The van der Waals surface area contributed by atoms with Gasteiger partial charge in [-0.3, -0.25) is 9.59 Å². The van der Waals surface area contributed by atoms with Crippen molar-refractivity contribution in [1.82, 2.24) is 0 Å². The molecule has 0 radical (unpaired) electrons. The summed E-state index contributed by atoms with van der Waals surface area (Å²) in [6, 6.07) is -1.07. The summed E-state index contributed by atoms with van der Waals surface area (Å²) in [6.45, 7) is 3.22. The molecule has 0 saturated carbocycles. The summed E-state index contributed by atoms with van der Waals surface area (Å²) in [5.41, 5.74) is 5.22. The van der Waals surface area contributed by atoms with Gasteiger partial charge in [0.2, 0.25) is 0 Å². The second-order valence-corrected chi connectivity index (χ2v) is 2.47. The highest BCUT2D eigenvalue weighted by molar-refractivity contribution is 5.87. The third-order valence-corrected chi connectivity index (χ3v) is 1.68. The fourth-order valence-corrected chi connectivity index (χ4v) is 0.736. The molecule has 0 amide bonds. The van der Waals surface area contributed by atoms with Crippen LogP contribution in [0, 0.1) is 5.92 Å². The highest BCUT2D eigenvalue weighted by Crippen LogP contribution is 2.04. The molecule has 0 fully saturated rings. The SMILES string of the molecule is CCC(=O)[C@@H](C)[C@@H](N)C(=O)O. The van der Waals surface area contributed by atoms with Crippen molar-refractivity contribution >= 4 is 11.8 Å². The molecule has 3 N–H and O–H groups in total. The number of rotatable bonds is 4. The maximum Gasteiger partial charge on any atom is 0.321 e. The minimum atomic E-state index is -1.13. The van der Waals surface area contributed by atoms with Gasteiger partial charge >= 0.3 is 5.97 Å². The van der Waals surface area contributed by atoms with E-state index >= 15 is 0 Å². The zero-order chi connectivity index (χ0) is 9.02. The largest absolute Gasteiger partial charge is 0.480 e. The number of Topliss-reactive ketones (excluding diaryl/α,β-unsaturated/α-hetero) is 1. The highest BCUT2D eigenvalue weighted by Gasteiger charge is 2.24. The molecule has 0 saturated heterocycles. The Morgan fingerprint density at radius 3 is 2.27 bits per heavy atom. The number of aliphatic carboxylic acids is 1. The van der Waals surface area contributed by atoms with Crippen LogP contribution in [0.25, 0.3) is 0 Å². The van der Waals surface area contributed by atoms with Gasteiger partial charge in [-0.15, -0.1) is 0 Å². The Hall–Kier alpha value is -0.900. The summed E-state index contributed by atoms with van der Waals surface area (Å²) in [5.74, 6) is -1.82. The molecule has 4 heteroatoms. The van der Waals surface area contributed by atoms with E-state index in [-0.39, 0.29) is 5.78 Å². The van der Waals surface area contributed by atoms with E-state index in [1.807, 2.05) is 0 Å². The smallest absolute Gasteiger partial charge is 0.321 e. The van der Waals surface area contributed by atoms with E-state index in [0.717, 1.165) is 0 Å². The van der Waals surface area contributed by atoms with Crippen LogP contribution in [-0.4, -0.2) is 22.9 Å². The van der Waals surface area contributed by atoms with Crippen LogP contribution in [0.15, 0.2) is 0 Å². The third kappa shape index (κ3) is 2.67. The minimum Gasteiger partial charge on any atom is -0.480 e. The molecule has 4 nitrogen and oxygen atoms in total. The average molecular weight is 159 g/mol. The number of hydrogen-bond acceptors (Lipinski definition) is 3. The molecule has 0 aromatic heterocycles. The van der Waals surface area contributed by atoms with Crippen LogP contribution < -0.4 is 5.73 Å². The Morgan fingerprint density at radius 1 is 1.55 bits per heavy atom. The second kappa shape index (κ2) is 4.08. The Balaban J connectivity index is 4.12. The molecular weight excluding hydrogens is 146 g/mol. The van der Waals surface area contributed by atoms with Crippen LogP contribution in [0.1, 0.15) is 20.3 Å². The minimum absolute atomic E-state index is 0.111. The standard InChI is InChI=1S/C7H13NO3/c1-3-5(9)4(2)6(8)7(10)11/h4,6H,3,8H2,1-2H3,(H,10,11)/t4-,6-/m1/s1. The number of carboxylic acid groups (broad SMARTS) is 1. The Labute approximate surface area is 65.4 Å². The van der Waals surface area contributed by atoms with Crippen LogP contribution in [0.5, 0.6) is 0 Å². The molecular formula is C7H13NO3. The molecule has 0 aliphatic heterocycles. The van der Waals surface area contributed by atoms with Crippen molar-refractivity contribution in [3.63, 3.8) is 0 Å². The third-order valence-electron chi connectivity index (χ3n) is 1.68. The molecule has 0 aliphatic rings. The lowest BCUT2D eigenvalue weighted by molar-refractivity contribution is -0.142. The maximum absolute atomic E-state index is 10.9. The number of nitrogens with two attached hydrogens (primary N) is 1. The number of hydrogen-bond donors (Lipinski definition) is 2. The molecule has 0 bridgehead atoms. The Kier molecular flexibility index (Phi) is 3.74. The van der Waals surface area contributed by atoms with Crippen molar-refractivity contribution in [2.45, 2.75) is 26.3 Å². The van der Waals surface area contributed by atoms with Crippen LogP contribution in [0.2, 0.25) is 0 Å². The summed E-state index contributed by atoms with van der Waals surface area (Å²) in [6.07, 6.45) is 0.335. The quantitative estimate of drug-likeness (QED) is 0.605. The fourth-order valence-electron chi connectivity index (χ4n) is 0.736. The first-order chi connectivity index (χ1) is 5.00. The monoisotopic (exact) mass is 159 g/mol. The van der Waals surface area contributed by atoms with Gasteiger partial charge in [0.15, 0.2) is 0 Å². The van der Waals surface area contributed by atoms with Gasteiger partial charge in [-0.1, -0.05) is 13.8 Å². The summed E-state index contributed by atoms with van der Waals surface area (Å²) < 4.78 is 0. The van der Waals surface area contributed by atoms with Gasteiger partial charge in [-0.05, 0) is 0 Å². The zero-order valence-electron chi connectivity index (χ0n) is 6.70. The van der Waals surface area contributed by atoms with Gasteiger partial charge in [0, 0.05) is 12.3 Å². The van der Waals surface area contributed by atoms with Gasteiger partial charge in [0.1, 0.15) is 11.8 Å². The topological polar surface area (TPSA) is 80.4 Å².